The number of rotatable bonds is 55. The van der Waals surface area contributed by atoms with Crippen LogP contribution >= 0.6 is 0 Å². The summed E-state index contributed by atoms with van der Waals surface area (Å²) in [7, 11) is 0. The third-order valence-corrected chi connectivity index (χ3v) is 13.2. The van der Waals surface area contributed by atoms with Crippen molar-refractivity contribution in [2.45, 2.75) is 309 Å². The Morgan fingerprint density at radius 3 is 0.930 bits per heavy atom. The van der Waals surface area contributed by atoms with Crippen molar-refractivity contribution < 1.29 is 28.6 Å². The number of allylic oxidation sites excluding steroid dienone is 12. The molecule has 0 saturated heterocycles. The monoisotopic (exact) mass is 991 g/mol. The number of ether oxygens (including phenoxy) is 3. The highest BCUT2D eigenvalue weighted by Gasteiger charge is 2.19. The first-order valence-corrected chi connectivity index (χ1v) is 30.4. The summed E-state index contributed by atoms with van der Waals surface area (Å²) in [6.45, 7) is 6.49. The molecule has 0 N–H and O–H groups in total. The molecule has 0 amide bonds. The molecule has 0 bridgehead atoms. The molecule has 0 heterocycles. The van der Waals surface area contributed by atoms with Crippen LogP contribution in [0, 0.1) is 0 Å². The maximum atomic E-state index is 12.9. The average Bonchev–Trinajstić information content (AvgIpc) is 3.37. The first-order valence-electron chi connectivity index (χ1n) is 30.4. The second-order valence-corrected chi connectivity index (χ2v) is 20.2. The van der Waals surface area contributed by atoms with Gasteiger partial charge in [-0.2, -0.15) is 0 Å². The van der Waals surface area contributed by atoms with Crippen LogP contribution in [0.4, 0.5) is 0 Å². The van der Waals surface area contributed by atoms with E-state index in [-0.39, 0.29) is 31.1 Å². The summed E-state index contributed by atoms with van der Waals surface area (Å²) in [5.41, 5.74) is 0. The Hall–Kier alpha value is -3.15. The molecular formula is C65H114O6. The quantitative estimate of drug-likeness (QED) is 0.0261. The number of esters is 3. The molecule has 0 aromatic carbocycles. The summed E-state index contributed by atoms with van der Waals surface area (Å²) < 4.78 is 16.9. The minimum atomic E-state index is -0.779. The van der Waals surface area contributed by atoms with E-state index in [9.17, 15) is 14.4 Å². The van der Waals surface area contributed by atoms with Crippen molar-refractivity contribution in [2.75, 3.05) is 13.2 Å². The van der Waals surface area contributed by atoms with Gasteiger partial charge in [-0.25, -0.2) is 0 Å². The molecule has 0 saturated carbocycles. The van der Waals surface area contributed by atoms with Crippen molar-refractivity contribution in [3.05, 3.63) is 72.9 Å². The largest absolute Gasteiger partial charge is 0.462 e. The van der Waals surface area contributed by atoms with Crippen molar-refractivity contribution >= 4 is 17.9 Å². The van der Waals surface area contributed by atoms with E-state index in [1.54, 1.807) is 0 Å². The van der Waals surface area contributed by atoms with Gasteiger partial charge in [-0.1, -0.05) is 273 Å². The Labute approximate surface area is 440 Å². The highest BCUT2D eigenvalue weighted by Crippen LogP contribution is 2.17. The van der Waals surface area contributed by atoms with E-state index < -0.39 is 6.10 Å². The molecule has 410 valence electrons. The van der Waals surface area contributed by atoms with Crippen molar-refractivity contribution in [1.82, 2.24) is 0 Å². The van der Waals surface area contributed by atoms with Gasteiger partial charge in [0.05, 0.1) is 0 Å². The summed E-state index contributed by atoms with van der Waals surface area (Å²) in [5.74, 6) is -0.882. The minimum absolute atomic E-state index is 0.0786. The van der Waals surface area contributed by atoms with Crippen LogP contribution in [0.15, 0.2) is 72.9 Å². The summed E-state index contributed by atoms with van der Waals surface area (Å²) in [6, 6.07) is 0. The van der Waals surface area contributed by atoms with Gasteiger partial charge in [-0.15, -0.1) is 0 Å². The predicted molar refractivity (Wildman–Crippen MR) is 307 cm³/mol. The van der Waals surface area contributed by atoms with E-state index in [0.29, 0.717) is 19.3 Å². The van der Waals surface area contributed by atoms with E-state index in [1.807, 2.05) is 0 Å². The summed E-state index contributed by atoms with van der Waals surface area (Å²) in [6.07, 6.45) is 76.2. The fourth-order valence-electron chi connectivity index (χ4n) is 8.65. The van der Waals surface area contributed by atoms with Gasteiger partial charge in [-0.3, -0.25) is 14.4 Å². The van der Waals surface area contributed by atoms with Crippen LogP contribution in [-0.2, 0) is 28.6 Å². The van der Waals surface area contributed by atoms with Gasteiger partial charge in [0.2, 0.25) is 0 Å². The molecule has 0 rings (SSSR count). The summed E-state index contributed by atoms with van der Waals surface area (Å²) in [4.78, 5) is 38.1. The molecular weight excluding hydrogens is 877 g/mol. The van der Waals surface area contributed by atoms with Gasteiger partial charge < -0.3 is 14.2 Å². The molecule has 6 nitrogen and oxygen atoms in total. The first-order chi connectivity index (χ1) is 35.0. The highest BCUT2D eigenvalue weighted by atomic mass is 16.6. The number of hydrogen-bond acceptors (Lipinski definition) is 6. The van der Waals surface area contributed by atoms with Crippen LogP contribution in [0.3, 0.4) is 0 Å². The van der Waals surface area contributed by atoms with Crippen molar-refractivity contribution in [1.29, 1.82) is 0 Å². The molecule has 0 radical (unpaired) electrons. The third-order valence-electron chi connectivity index (χ3n) is 13.2. The lowest BCUT2D eigenvalue weighted by atomic mass is 10.0. The van der Waals surface area contributed by atoms with Crippen LogP contribution in [0.1, 0.15) is 303 Å². The minimum Gasteiger partial charge on any atom is -0.462 e. The van der Waals surface area contributed by atoms with E-state index >= 15 is 0 Å². The van der Waals surface area contributed by atoms with E-state index in [2.05, 4.69) is 93.7 Å². The zero-order valence-electron chi connectivity index (χ0n) is 47.0. The summed E-state index contributed by atoms with van der Waals surface area (Å²) >= 11 is 0. The zero-order chi connectivity index (χ0) is 51.4. The number of carbonyl (C=O) groups is 3. The van der Waals surface area contributed by atoms with Gasteiger partial charge in [-0.05, 0) is 83.5 Å². The molecule has 6 heteroatoms. The maximum Gasteiger partial charge on any atom is 0.306 e. The fraction of sp³-hybridized carbons (Fsp3) is 0.769. The van der Waals surface area contributed by atoms with Gasteiger partial charge in [0.15, 0.2) is 6.10 Å². The molecule has 0 aromatic rings. The van der Waals surface area contributed by atoms with Crippen LogP contribution in [0.2, 0.25) is 0 Å². The second-order valence-electron chi connectivity index (χ2n) is 20.2. The Morgan fingerprint density at radius 2 is 0.577 bits per heavy atom. The van der Waals surface area contributed by atoms with Crippen LogP contribution in [0.5, 0.6) is 0 Å². The van der Waals surface area contributed by atoms with Crippen LogP contribution < -0.4 is 0 Å². The smallest absolute Gasteiger partial charge is 0.306 e. The van der Waals surface area contributed by atoms with Gasteiger partial charge in [0.1, 0.15) is 13.2 Å². The van der Waals surface area contributed by atoms with E-state index in [1.165, 1.54) is 154 Å². The molecule has 0 aromatic heterocycles. The zero-order valence-corrected chi connectivity index (χ0v) is 47.0. The SMILES string of the molecule is CC/C=C\C/C=C\C/C=C\C/C=C\C/C=C\CCCCCCCCCCCC(=O)OCC(COC(=O)CCCCCCC/C=C\CCC)OC(=O)CCCCCCCCCCCCCCCCCCCC. The average molecular weight is 992 g/mol. The van der Waals surface area contributed by atoms with Crippen molar-refractivity contribution in [3.8, 4) is 0 Å². The molecule has 0 aliphatic carbocycles. The molecule has 1 atom stereocenters. The van der Waals surface area contributed by atoms with Gasteiger partial charge >= 0.3 is 17.9 Å². The predicted octanol–water partition coefficient (Wildman–Crippen LogP) is 20.5. The Balaban J connectivity index is 4.25. The van der Waals surface area contributed by atoms with Crippen molar-refractivity contribution in [2.24, 2.45) is 0 Å². The second kappa shape index (κ2) is 59.4. The highest BCUT2D eigenvalue weighted by molar-refractivity contribution is 5.71. The first kappa shape index (κ1) is 67.8. The number of carbonyl (C=O) groups excluding carboxylic acids is 3. The van der Waals surface area contributed by atoms with Crippen LogP contribution in [0.25, 0.3) is 0 Å². The number of hydrogen-bond donors (Lipinski definition) is 0. The van der Waals surface area contributed by atoms with E-state index in [4.69, 9.17) is 14.2 Å². The molecule has 0 aliphatic heterocycles. The Morgan fingerprint density at radius 1 is 0.296 bits per heavy atom. The third kappa shape index (κ3) is 57.6. The van der Waals surface area contributed by atoms with Gasteiger partial charge in [0, 0.05) is 19.3 Å². The van der Waals surface area contributed by atoms with Crippen molar-refractivity contribution in [3.63, 3.8) is 0 Å². The molecule has 71 heavy (non-hydrogen) atoms. The van der Waals surface area contributed by atoms with E-state index in [0.717, 1.165) is 109 Å². The normalized spacial score (nSPS) is 12.5. The van der Waals surface area contributed by atoms with Gasteiger partial charge in [0.25, 0.3) is 0 Å². The molecule has 0 fully saturated rings. The standard InChI is InChI=1S/C65H114O6/c1-4-7-10-13-16-19-22-24-26-28-30-31-32-33-34-35-36-38-39-41-43-46-49-52-55-58-64(67)70-61-62(60-69-63(66)57-54-51-48-45-21-18-15-12-9-6-3)71-65(68)59-56-53-50-47-44-42-40-37-29-27-25-23-20-17-14-11-8-5-2/h7,10,12,15-16,19,24,26,30-31,33-34,62H,4-6,8-9,11,13-14,17-18,20-23,25,27-29,32,35-61H2,1-3H3/b10-7-,15-12-,19-16-,26-24-,31-30-,34-33-. The topological polar surface area (TPSA) is 78.9 Å². The van der Waals surface area contributed by atoms with Crippen LogP contribution in [-0.4, -0.2) is 37.2 Å². The number of unbranched alkanes of at least 4 members (excludes halogenated alkanes) is 32. The maximum absolute atomic E-state index is 12.9. The summed E-state index contributed by atoms with van der Waals surface area (Å²) in [5, 5.41) is 0. The Kier molecular flexibility index (Phi) is 56.8. The lowest BCUT2D eigenvalue weighted by Gasteiger charge is -2.18. The lowest BCUT2D eigenvalue weighted by Crippen LogP contribution is -2.30. The Bertz CT molecular complexity index is 1320. The lowest BCUT2D eigenvalue weighted by molar-refractivity contribution is -0.167. The molecule has 0 spiro atoms. The molecule has 0 aliphatic rings. The fourth-order valence-corrected chi connectivity index (χ4v) is 8.65. The molecule has 1 unspecified atom stereocenters.